The Balaban J connectivity index is 1.74. The zero-order chi connectivity index (χ0) is 22.5. The number of urea groups is 1. The molecule has 166 valence electrons. The first kappa shape index (κ1) is 22.3. The van der Waals surface area contributed by atoms with E-state index in [9.17, 15) is 9.59 Å². The standard InChI is InChI=1S/C27H30N2O2S/c1-3-4-17-28-25(21-12-7-5-8-13-21)26(22-14-9-6-10-15-22)29(27(28)31)24(30)19-20(2)23-16-11-18-32-23/h5-16,18,20,25-26H,3-4,17,19H2,1-2H3/t20?,25-,26-/m0/s1. The average Bonchev–Trinajstić information content (AvgIpc) is 3.45. The third-order valence-electron chi connectivity index (χ3n) is 6.18. The van der Waals surface area contributed by atoms with E-state index in [0.29, 0.717) is 13.0 Å². The predicted molar refractivity (Wildman–Crippen MR) is 130 cm³/mol. The molecule has 0 saturated carbocycles. The number of hydrogen-bond acceptors (Lipinski definition) is 3. The first-order valence-electron chi connectivity index (χ1n) is 11.4. The fourth-order valence-corrected chi connectivity index (χ4v) is 5.33. The van der Waals surface area contributed by atoms with Crippen molar-refractivity contribution in [2.45, 2.75) is 51.1 Å². The molecule has 0 bridgehead atoms. The van der Waals surface area contributed by atoms with Crippen molar-refractivity contribution in [2.24, 2.45) is 0 Å². The first-order chi connectivity index (χ1) is 15.6. The van der Waals surface area contributed by atoms with E-state index in [1.807, 2.05) is 64.9 Å². The number of unbranched alkanes of at least 4 members (excludes halogenated alkanes) is 1. The summed E-state index contributed by atoms with van der Waals surface area (Å²) in [6, 6.07) is 23.5. The van der Waals surface area contributed by atoms with Crippen LogP contribution in [0.5, 0.6) is 0 Å². The van der Waals surface area contributed by atoms with Crippen LogP contribution in [0.4, 0.5) is 4.79 Å². The minimum atomic E-state index is -0.342. The molecule has 2 heterocycles. The van der Waals surface area contributed by atoms with Gasteiger partial charge >= 0.3 is 6.03 Å². The van der Waals surface area contributed by atoms with Gasteiger partial charge in [-0.15, -0.1) is 11.3 Å². The van der Waals surface area contributed by atoms with Gasteiger partial charge in [-0.3, -0.25) is 9.69 Å². The number of imide groups is 1. The summed E-state index contributed by atoms with van der Waals surface area (Å²) in [6.45, 7) is 4.83. The molecule has 1 aromatic heterocycles. The summed E-state index contributed by atoms with van der Waals surface area (Å²) in [4.78, 5) is 32.0. The Labute approximate surface area is 194 Å². The van der Waals surface area contributed by atoms with Gasteiger partial charge in [-0.05, 0) is 34.9 Å². The Hall–Kier alpha value is -2.92. The second kappa shape index (κ2) is 10.1. The molecule has 3 aromatic rings. The summed E-state index contributed by atoms with van der Waals surface area (Å²) in [5, 5.41) is 2.03. The van der Waals surface area contributed by atoms with Crippen LogP contribution in [0.2, 0.25) is 0 Å². The lowest BCUT2D eigenvalue weighted by Crippen LogP contribution is -2.38. The lowest BCUT2D eigenvalue weighted by Gasteiger charge is -2.28. The van der Waals surface area contributed by atoms with Gasteiger partial charge in [0.1, 0.15) is 0 Å². The van der Waals surface area contributed by atoms with E-state index in [1.165, 1.54) is 9.78 Å². The lowest BCUT2D eigenvalue weighted by molar-refractivity contribution is -0.129. The van der Waals surface area contributed by atoms with Gasteiger partial charge in [0, 0.05) is 17.8 Å². The highest BCUT2D eigenvalue weighted by Gasteiger charge is 2.49. The molecule has 1 aliphatic rings. The van der Waals surface area contributed by atoms with Gasteiger partial charge < -0.3 is 4.90 Å². The maximum atomic E-state index is 13.7. The zero-order valence-electron chi connectivity index (χ0n) is 18.7. The van der Waals surface area contributed by atoms with Crippen LogP contribution in [-0.4, -0.2) is 28.3 Å². The molecule has 0 radical (unpaired) electrons. The fourth-order valence-electron chi connectivity index (χ4n) is 4.54. The van der Waals surface area contributed by atoms with Crippen LogP contribution in [-0.2, 0) is 4.79 Å². The second-order valence-corrected chi connectivity index (χ2v) is 9.40. The molecule has 0 spiro atoms. The summed E-state index contributed by atoms with van der Waals surface area (Å²) >= 11 is 1.66. The molecule has 4 nitrogen and oxygen atoms in total. The van der Waals surface area contributed by atoms with Crippen LogP contribution in [0.3, 0.4) is 0 Å². The molecular formula is C27H30N2O2S. The molecule has 1 fully saturated rings. The highest BCUT2D eigenvalue weighted by molar-refractivity contribution is 7.10. The van der Waals surface area contributed by atoms with Crippen LogP contribution in [0.1, 0.15) is 67.1 Å². The van der Waals surface area contributed by atoms with Gasteiger partial charge in [-0.25, -0.2) is 4.79 Å². The third-order valence-corrected chi connectivity index (χ3v) is 7.28. The van der Waals surface area contributed by atoms with E-state index in [4.69, 9.17) is 0 Å². The van der Waals surface area contributed by atoms with Crippen molar-refractivity contribution in [3.63, 3.8) is 0 Å². The van der Waals surface area contributed by atoms with Gasteiger partial charge in [0.2, 0.25) is 5.91 Å². The Morgan fingerprint density at radius 1 is 0.938 bits per heavy atom. The van der Waals surface area contributed by atoms with Gasteiger partial charge in [0.15, 0.2) is 0 Å². The van der Waals surface area contributed by atoms with Crippen LogP contribution in [0.25, 0.3) is 0 Å². The van der Waals surface area contributed by atoms with Gasteiger partial charge in [0.05, 0.1) is 12.1 Å². The molecule has 4 rings (SSSR count). The molecular weight excluding hydrogens is 416 g/mol. The van der Waals surface area contributed by atoms with Gasteiger partial charge in [-0.2, -0.15) is 0 Å². The van der Waals surface area contributed by atoms with Gasteiger partial charge in [-0.1, -0.05) is 87.0 Å². The number of thiophene rings is 1. The molecule has 32 heavy (non-hydrogen) atoms. The molecule has 1 saturated heterocycles. The number of carbonyl (C=O) groups excluding carboxylic acids is 2. The Morgan fingerprint density at radius 3 is 2.12 bits per heavy atom. The minimum Gasteiger partial charge on any atom is -0.315 e. The lowest BCUT2D eigenvalue weighted by atomic mass is 9.92. The predicted octanol–water partition coefficient (Wildman–Crippen LogP) is 6.79. The third kappa shape index (κ3) is 4.49. The molecule has 3 amide bonds. The number of hydrogen-bond donors (Lipinski definition) is 0. The Kier molecular flexibility index (Phi) is 7.05. The van der Waals surface area contributed by atoms with Crippen LogP contribution < -0.4 is 0 Å². The Bertz CT molecular complexity index is 1020. The van der Waals surface area contributed by atoms with Crippen molar-refractivity contribution in [3.8, 4) is 0 Å². The van der Waals surface area contributed by atoms with Crippen molar-refractivity contribution in [3.05, 3.63) is 94.2 Å². The summed E-state index contributed by atoms with van der Waals surface area (Å²) < 4.78 is 0. The van der Waals surface area contributed by atoms with E-state index in [0.717, 1.165) is 24.0 Å². The maximum absolute atomic E-state index is 13.7. The largest absolute Gasteiger partial charge is 0.327 e. The monoisotopic (exact) mass is 446 g/mol. The highest BCUT2D eigenvalue weighted by atomic mass is 32.1. The van der Waals surface area contributed by atoms with E-state index < -0.39 is 0 Å². The highest BCUT2D eigenvalue weighted by Crippen LogP contribution is 2.46. The zero-order valence-corrected chi connectivity index (χ0v) is 19.5. The molecule has 0 aliphatic carbocycles. The minimum absolute atomic E-state index is 0.0755. The number of rotatable bonds is 8. The molecule has 0 N–H and O–H groups in total. The van der Waals surface area contributed by atoms with Crippen LogP contribution in [0.15, 0.2) is 78.2 Å². The number of carbonyl (C=O) groups is 2. The van der Waals surface area contributed by atoms with Crippen molar-refractivity contribution < 1.29 is 9.59 Å². The molecule has 1 aliphatic heterocycles. The number of amides is 3. The summed E-state index contributed by atoms with van der Waals surface area (Å²) in [5.74, 6) is -0.0312. The molecule has 1 unspecified atom stereocenters. The topological polar surface area (TPSA) is 40.6 Å². The SMILES string of the molecule is CCCCN1C(=O)N(C(=O)CC(C)c2cccs2)[C@@H](c2ccccc2)[C@@H]1c1ccccc1. The summed E-state index contributed by atoms with van der Waals surface area (Å²) in [7, 11) is 0. The van der Waals surface area contributed by atoms with E-state index in [-0.39, 0.29) is 29.9 Å². The average molecular weight is 447 g/mol. The summed E-state index contributed by atoms with van der Waals surface area (Å²) in [6.07, 6.45) is 2.22. The van der Waals surface area contributed by atoms with Crippen LogP contribution >= 0.6 is 11.3 Å². The molecule has 5 heteroatoms. The first-order valence-corrected chi connectivity index (χ1v) is 12.3. The van der Waals surface area contributed by atoms with Crippen molar-refractivity contribution >= 4 is 23.3 Å². The van der Waals surface area contributed by atoms with E-state index in [2.05, 4.69) is 32.0 Å². The van der Waals surface area contributed by atoms with Crippen molar-refractivity contribution in [1.29, 1.82) is 0 Å². The molecule has 2 aromatic carbocycles. The van der Waals surface area contributed by atoms with E-state index >= 15 is 0 Å². The second-order valence-electron chi connectivity index (χ2n) is 8.42. The Morgan fingerprint density at radius 2 is 1.56 bits per heavy atom. The van der Waals surface area contributed by atoms with Gasteiger partial charge in [0.25, 0.3) is 0 Å². The number of benzene rings is 2. The fraction of sp³-hybridized carbons (Fsp3) is 0.333. The summed E-state index contributed by atoms with van der Waals surface area (Å²) in [5.41, 5.74) is 2.05. The number of nitrogens with zero attached hydrogens (tertiary/aromatic N) is 2. The molecule has 3 atom stereocenters. The normalized spacial score (nSPS) is 19.4. The van der Waals surface area contributed by atoms with E-state index in [1.54, 1.807) is 11.3 Å². The van der Waals surface area contributed by atoms with Crippen molar-refractivity contribution in [1.82, 2.24) is 9.80 Å². The van der Waals surface area contributed by atoms with Crippen LogP contribution in [0, 0.1) is 0 Å². The van der Waals surface area contributed by atoms with Crippen molar-refractivity contribution in [2.75, 3.05) is 6.54 Å². The quantitative estimate of drug-likeness (QED) is 0.382. The maximum Gasteiger partial charge on any atom is 0.327 e. The smallest absolute Gasteiger partial charge is 0.315 e.